The minimum absolute atomic E-state index is 0.232. The van der Waals surface area contributed by atoms with Crippen LogP contribution in [0.3, 0.4) is 0 Å². The number of hydrogen-bond acceptors (Lipinski definition) is 6. The number of carbonyl (C=O) groups excluding carboxylic acids is 1. The summed E-state index contributed by atoms with van der Waals surface area (Å²) >= 11 is 1.62. The van der Waals surface area contributed by atoms with Crippen LogP contribution in [0.15, 0.2) is 65.5 Å². The van der Waals surface area contributed by atoms with Gasteiger partial charge in [0.2, 0.25) is 0 Å². The average molecular weight is 420 g/mol. The van der Waals surface area contributed by atoms with Crippen LogP contribution in [0.4, 0.5) is 11.4 Å². The van der Waals surface area contributed by atoms with Crippen LogP contribution in [0.2, 0.25) is 0 Å². The lowest BCUT2D eigenvalue weighted by Gasteiger charge is -2.09. The summed E-state index contributed by atoms with van der Waals surface area (Å²) in [5, 5.41) is 15.0. The molecule has 2 heterocycles. The number of thiophene rings is 1. The van der Waals surface area contributed by atoms with E-state index in [9.17, 15) is 4.79 Å². The van der Waals surface area contributed by atoms with Gasteiger partial charge >= 0.3 is 0 Å². The summed E-state index contributed by atoms with van der Waals surface area (Å²) in [5.41, 5.74) is 10.5. The molecule has 2 aromatic heterocycles. The SMILES string of the molecule is COc1ccccc1CCn1cc(C(=O)Nc2cc(-c3ccsc3)ccc2N)nn1. The first-order valence-electron chi connectivity index (χ1n) is 9.39. The molecule has 0 unspecified atom stereocenters. The zero-order valence-electron chi connectivity index (χ0n) is 16.4. The van der Waals surface area contributed by atoms with Crippen molar-refractivity contribution in [3.63, 3.8) is 0 Å². The number of carbonyl (C=O) groups is 1. The van der Waals surface area contributed by atoms with E-state index in [-0.39, 0.29) is 11.6 Å². The van der Waals surface area contributed by atoms with E-state index in [1.54, 1.807) is 35.4 Å². The molecule has 0 aliphatic heterocycles. The van der Waals surface area contributed by atoms with Crippen molar-refractivity contribution in [2.45, 2.75) is 13.0 Å². The van der Waals surface area contributed by atoms with Gasteiger partial charge in [-0.3, -0.25) is 9.48 Å². The molecule has 152 valence electrons. The summed E-state index contributed by atoms with van der Waals surface area (Å²) < 4.78 is 7.02. The summed E-state index contributed by atoms with van der Waals surface area (Å²) in [5.74, 6) is 0.476. The number of ether oxygens (including phenoxy) is 1. The lowest BCUT2D eigenvalue weighted by atomic mass is 10.1. The smallest absolute Gasteiger partial charge is 0.277 e. The Morgan fingerprint density at radius 1 is 1.20 bits per heavy atom. The van der Waals surface area contributed by atoms with Crippen molar-refractivity contribution in [1.29, 1.82) is 0 Å². The Morgan fingerprint density at radius 3 is 2.87 bits per heavy atom. The number of amides is 1. The number of nitrogen functional groups attached to an aromatic ring is 1. The molecule has 0 radical (unpaired) electrons. The Balaban J connectivity index is 1.44. The lowest BCUT2D eigenvalue weighted by Crippen LogP contribution is -2.13. The molecule has 0 atom stereocenters. The van der Waals surface area contributed by atoms with Crippen LogP contribution in [0.1, 0.15) is 16.1 Å². The third kappa shape index (κ3) is 4.33. The molecule has 8 heteroatoms. The summed E-state index contributed by atoms with van der Waals surface area (Å²) in [7, 11) is 1.65. The number of hydrogen-bond donors (Lipinski definition) is 2. The van der Waals surface area contributed by atoms with Crippen molar-refractivity contribution in [2.75, 3.05) is 18.2 Å². The van der Waals surface area contributed by atoms with Crippen LogP contribution in [-0.4, -0.2) is 28.0 Å². The molecular weight excluding hydrogens is 398 g/mol. The van der Waals surface area contributed by atoms with E-state index in [2.05, 4.69) is 15.6 Å². The van der Waals surface area contributed by atoms with E-state index in [1.165, 1.54) is 0 Å². The lowest BCUT2D eigenvalue weighted by molar-refractivity contribution is 0.102. The number of aromatic nitrogens is 3. The Kier molecular flexibility index (Phi) is 5.76. The van der Waals surface area contributed by atoms with Gasteiger partial charge in [0.05, 0.1) is 24.7 Å². The largest absolute Gasteiger partial charge is 0.496 e. The molecule has 0 aliphatic carbocycles. The van der Waals surface area contributed by atoms with Gasteiger partial charge in [-0.1, -0.05) is 29.5 Å². The fourth-order valence-corrected chi connectivity index (χ4v) is 3.78. The number of nitrogens with one attached hydrogen (secondary N) is 1. The minimum Gasteiger partial charge on any atom is -0.496 e. The maximum absolute atomic E-state index is 12.7. The van der Waals surface area contributed by atoms with Gasteiger partial charge in [-0.15, -0.1) is 5.10 Å². The number of nitrogens with zero attached hydrogens (tertiary/aromatic N) is 3. The van der Waals surface area contributed by atoms with Gasteiger partial charge in [0.1, 0.15) is 5.75 Å². The van der Waals surface area contributed by atoms with Crippen LogP contribution in [-0.2, 0) is 13.0 Å². The second-order valence-electron chi connectivity index (χ2n) is 6.70. The molecule has 1 amide bonds. The zero-order chi connectivity index (χ0) is 20.9. The molecule has 0 bridgehead atoms. The first-order chi connectivity index (χ1) is 14.6. The highest BCUT2D eigenvalue weighted by atomic mass is 32.1. The first kappa shape index (κ1) is 19.7. The Hall–Kier alpha value is -3.65. The van der Waals surface area contributed by atoms with E-state index in [4.69, 9.17) is 10.5 Å². The second kappa shape index (κ2) is 8.79. The molecule has 3 N–H and O–H groups in total. The van der Waals surface area contributed by atoms with Crippen LogP contribution in [0.5, 0.6) is 5.75 Å². The monoisotopic (exact) mass is 419 g/mol. The number of rotatable bonds is 7. The highest BCUT2D eigenvalue weighted by Crippen LogP contribution is 2.29. The highest BCUT2D eigenvalue weighted by Gasteiger charge is 2.14. The van der Waals surface area contributed by atoms with E-state index < -0.39 is 0 Å². The molecule has 0 fully saturated rings. The van der Waals surface area contributed by atoms with Crippen molar-refractivity contribution in [3.8, 4) is 16.9 Å². The molecule has 4 rings (SSSR count). The molecule has 0 saturated heterocycles. The molecule has 7 nitrogen and oxygen atoms in total. The van der Waals surface area contributed by atoms with E-state index >= 15 is 0 Å². The number of aryl methyl sites for hydroxylation is 2. The van der Waals surface area contributed by atoms with Gasteiger partial charge < -0.3 is 15.8 Å². The Labute approximate surface area is 178 Å². The zero-order valence-corrected chi connectivity index (χ0v) is 17.2. The van der Waals surface area contributed by atoms with Crippen LogP contribution < -0.4 is 15.8 Å². The van der Waals surface area contributed by atoms with Crippen molar-refractivity contribution >= 4 is 28.6 Å². The summed E-state index contributed by atoms with van der Waals surface area (Å²) in [6, 6.07) is 15.4. The van der Waals surface area contributed by atoms with Crippen molar-refractivity contribution < 1.29 is 9.53 Å². The number of para-hydroxylation sites is 1. The normalized spacial score (nSPS) is 10.7. The average Bonchev–Trinajstić information content (AvgIpc) is 3.46. The molecular formula is C22H21N5O2S. The highest BCUT2D eigenvalue weighted by molar-refractivity contribution is 7.08. The molecule has 4 aromatic rings. The van der Waals surface area contributed by atoms with Crippen LogP contribution in [0.25, 0.3) is 11.1 Å². The number of benzene rings is 2. The summed E-state index contributed by atoms with van der Waals surface area (Å²) in [6.45, 7) is 0.580. The molecule has 2 aromatic carbocycles. The third-order valence-corrected chi connectivity index (χ3v) is 5.41. The molecule has 0 saturated carbocycles. The minimum atomic E-state index is -0.354. The first-order valence-corrected chi connectivity index (χ1v) is 10.3. The molecule has 30 heavy (non-hydrogen) atoms. The van der Waals surface area contributed by atoms with E-state index in [0.29, 0.717) is 24.3 Å². The maximum atomic E-state index is 12.7. The van der Waals surface area contributed by atoms with Gasteiger partial charge in [-0.25, -0.2) is 0 Å². The van der Waals surface area contributed by atoms with Crippen LogP contribution in [0, 0.1) is 0 Å². The molecule has 0 aliphatic rings. The Morgan fingerprint density at radius 2 is 2.07 bits per heavy atom. The summed E-state index contributed by atoms with van der Waals surface area (Å²) in [4.78, 5) is 12.7. The fraction of sp³-hybridized carbons (Fsp3) is 0.136. The van der Waals surface area contributed by atoms with Gasteiger partial charge in [0.15, 0.2) is 5.69 Å². The standard InChI is InChI=1S/C22H21N5O2S/c1-29-21-5-3-2-4-15(21)8-10-27-13-20(25-26-27)22(28)24-19-12-16(6-7-18(19)23)17-9-11-30-14-17/h2-7,9,11-14H,8,10,23H2,1H3,(H,24,28). The van der Waals surface area contributed by atoms with Crippen LogP contribution >= 0.6 is 11.3 Å². The van der Waals surface area contributed by atoms with Gasteiger partial charge in [-0.2, -0.15) is 11.3 Å². The number of anilines is 2. The Bertz CT molecular complexity index is 1150. The topological polar surface area (TPSA) is 95.1 Å². The predicted molar refractivity (Wildman–Crippen MR) is 119 cm³/mol. The molecule has 0 spiro atoms. The maximum Gasteiger partial charge on any atom is 0.277 e. The predicted octanol–water partition coefficient (Wildman–Crippen LogP) is 4.09. The summed E-state index contributed by atoms with van der Waals surface area (Å²) in [6.07, 6.45) is 2.34. The van der Waals surface area contributed by atoms with E-state index in [0.717, 1.165) is 22.4 Å². The van der Waals surface area contributed by atoms with Gasteiger partial charge in [-0.05, 0) is 58.1 Å². The number of methoxy groups -OCH3 is 1. The van der Waals surface area contributed by atoms with Gasteiger partial charge in [0, 0.05) is 6.54 Å². The van der Waals surface area contributed by atoms with Crippen molar-refractivity contribution in [3.05, 3.63) is 76.7 Å². The van der Waals surface area contributed by atoms with Crippen molar-refractivity contribution in [1.82, 2.24) is 15.0 Å². The van der Waals surface area contributed by atoms with E-state index in [1.807, 2.05) is 53.2 Å². The fourth-order valence-electron chi connectivity index (χ4n) is 3.12. The number of nitrogens with two attached hydrogens (primary N) is 1. The third-order valence-electron chi connectivity index (χ3n) is 4.73. The van der Waals surface area contributed by atoms with Crippen molar-refractivity contribution in [2.24, 2.45) is 0 Å². The second-order valence-corrected chi connectivity index (χ2v) is 7.48. The quantitative estimate of drug-likeness (QED) is 0.440. The van der Waals surface area contributed by atoms with Gasteiger partial charge in [0.25, 0.3) is 5.91 Å².